The fourth-order valence-corrected chi connectivity index (χ4v) is 1.74. The van der Waals surface area contributed by atoms with E-state index in [2.05, 4.69) is 20.6 Å². The van der Waals surface area contributed by atoms with Gasteiger partial charge in [-0.25, -0.2) is 18.7 Å². The highest BCUT2D eigenvalue weighted by atomic mass is 35.5. The molecule has 7 heteroatoms. The van der Waals surface area contributed by atoms with E-state index >= 15 is 0 Å². The number of hydrogen-bond acceptors (Lipinski definition) is 4. The second-order valence-corrected chi connectivity index (χ2v) is 3.88. The topological polar surface area (TPSA) is 49.8 Å². The van der Waals surface area contributed by atoms with Crippen LogP contribution in [0.15, 0.2) is 18.5 Å². The quantitative estimate of drug-likeness (QED) is 0.870. The predicted octanol–water partition coefficient (Wildman–Crippen LogP) is 1.56. The molecular formula is C10H15ClF2N4. The largest absolute Gasteiger partial charge is 0.354 e. The van der Waals surface area contributed by atoms with Gasteiger partial charge >= 0.3 is 0 Å². The van der Waals surface area contributed by atoms with Crippen LogP contribution in [0.1, 0.15) is 6.42 Å². The summed E-state index contributed by atoms with van der Waals surface area (Å²) in [5.41, 5.74) is 0. The third-order valence-electron chi connectivity index (χ3n) is 2.70. The van der Waals surface area contributed by atoms with E-state index in [0.29, 0.717) is 18.9 Å². The average molecular weight is 265 g/mol. The molecule has 1 aliphatic rings. The van der Waals surface area contributed by atoms with Crippen LogP contribution < -0.4 is 10.6 Å². The molecule has 17 heavy (non-hydrogen) atoms. The van der Waals surface area contributed by atoms with E-state index in [4.69, 9.17) is 0 Å². The van der Waals surface area contributed by atoms with Crippen LogP contribution in [0.5, 0.6) is 0 Å². The summed E-state index contributed by atoms with van der Waals surface area (Å²) in [6.45, 7) is 0.602. The molecule has 0 radical (unpaired) electrons. The number of halogens is 3. The minimum Gasteiger partial charge on any atom is -0.354 e. The van der Waals surface area contributed by atoms with Gasteiger partial charge in [0.15, 0.2) is 0 Å². The van der Waals surface area contributed by atoms with Gasteiger partial charge in [0.25, 0.3) is 5.92 Å². The first kappa shape index (κ1) is 14.1. The summed E-state index contributed by atoms with van der Waals surface area (Å²) >= 11 is 0. The molecule has 0 saturated carbocycles. The van der Waals surface area contributed by atoms with Crippen molar-refractivity contribution in [3.8, 4) is 0 Å². The van der Waals surface area contributed by atoms with Gasteiger partial charge in [-0.05, 0) is 19.0 Å². The van der Waals surface area contributed by atoms with Crippen molar-refractivity contribution in [2.45, 2.75) is 12.3 Å². The van der Waals surface area contributed by atoms with Crippen LogP contribution >= 0.6 is 12.4 Å². The lowest BCUT2D eigenvalue weighted by atomic mass is 9.94. The molecule has 1 aromatic rings. The van der Waals surface area contributed by atoms with Gasteiger partial charge in [-0.1, -0.05) is 0 Å². The zero-order valence-electron chi connectivity index (χ0n) is 9.20. The van der Waals surface area contributed by atoms with Crippen molar-refractivity contribution in [3.05, 3.63) is 18.5 Å². The first-order valence-corrected chi connectivity index (χ1v) is 5.28. The Balaban J connectivity index is 0.00000144. The van der Waals surface area contributed by atoms with Gasteiger partial charge in [0.2, 0.25) is 5.95 Å². The molecule has 0 aliphatic carbocycles. The van der Waals surface area contributed by atoms with E-state index in [1.807, 2.05) is 0 Å². The van der Waals surface area contributed by atoms with Crippen molar-refractivity contribution in [2.75, 3.05) is 25.0 Å². The first-order valence-electron chi connectivity index (χ1n) is 5.28. The maximum absolute atomic E-state index is 13.4. The summed E-state index contributed by atoms with van der Waals surface area (Å²) in [7, 11) is 0. The van der Waals surface area contributed by atoms with Gasteiger partial charge in [-0.2, -0.15) is 0 Å². The normalized spacial score (nSPS) is 22.6. The highest BCUT2D eigenvalue weighted by Gasteiger charge is 2.41. The Bertz CT molecular complexity index is 336. The van der Waals surface area contributed by atoms with Crippen molar-refractivity contribution in [2.24, 2.45) is 5.92 Å². The van der Waals surface area contributed by atoms with E-state index in [1.54, 1.807) is 18.5 Å². The van der Waals surface area contributed by atoms with Crippen LogP contribution in [0.2, 0.25) is 0 Å². The lowest BCUT2D eigenvalue weighted by Gasteiger charge is -2.31. The van der Waals surface area contributed by atoms with Gasteiger partial charge in [0.05, 0.1) is 6.54 Å². The molecule has 0 bridgehead atoms. The summed E-state index contributed by atoms with van der Waals surface area (Å²) in [4.78, 5) is 7.86. The van der Waals surface area contributed by atoms with Gasteiger partial charge in [-0.3, -0.25) is 0 Å². The molecule has 1 atom stereocenters. The number of rotatable bonds is 3. The summed E-state index contributed by atoms with van der Waals surface area (Å²) in [5, 5.41) is 5.53. The van der Waals surface area contributed by atoms with Crippen molar-refractivity contribution in [1.29, 1.82) is 0 Å². The standard InChI is InChI=1S/C10H14F2N4.ClH/c11-10(12)7-13-5-2-8(10)6-16-9-14-3-1-4-15-9;/h1,3-4,8,13H,2,5-7H2,(H,14,15,16);1H/t8-;/m1./s1. The number of aromatic nitrogens is 2. The van der Waals surface area contributed by atoms with E-state index in [1.165, 1.54) is 0 Å². The lowest BCUT2D eigenvalue weighted by molar-refractivity contribution is -0.0678. The Morgan fingerprint density at radius 2 is 2.12 bits per heavy atom. The first-order chi connectivity index (χ1) is 7.68. The fraction of sp³-hybridized carbons (Fsp3) is 0.600. The maximum atomic E-state index is 13.4. The summed E-state index contributed by atoms with van der Waals surface area (Å²) < 4.78 is 26.9. The predicted molar refractivity (Wildman–Crippen MR) is 63.7 cm³/mol. The highest BCUT2D eigenvalue weighted by Crippen LogP contribution is 2.29. The lowest BCUT2D eigenvalue weighted by Crippen LogP contribution is -2.48. The molecule has 1 aliphatic heterocycles. The molecule has 96 valence electrons. The molecule has 1 saturated heterocycles. The molecule has 2 rings (SSSR count). The Hall–Kier alpha value is -1.01. The van der Waals surface area contributed by atoms with Crippen LogP contribution in [-0.4, -0.2) is 35.5 Å². The number of piperidine rings is 1. The van der Waals surface area contributed by atoms with Crippen LogP contribution in [-0.2, 0) is 0 Å². The number of hydrogen-bond donors (Lipinski definition) is 2. The van der Waals surface area contributed by atoms with E-state index in [0.717, 1.165) is 0 Å². The van der Waals surface area contributed by atoms with Gasteiger partial charge < -0.3 is 10.6 Å². The Morgan fingerprint density at radius 1 is 1.41 bits per heavy atom. The zero-order valence-corrected chi connectivity index (χ0v) is 10.0. The molecule has 1 fully saturated rings. The van der Waals surface area contributed by atoms with E-state index in [-0.39, 0.29) is 25.5 Å². The molecule has 0 aromatic carbocycles. The molecule has 0 unspecified atom stereocenters. The summed E-state index contributed by atoms with van der Waals surface area (Å²) in [5.74, 6) is -2.91. The molecule has 4 nitrogen and oxygen atoms in total. The van der Waals surface area contributed by atoms with E-state index in [9.17, 15) is 8.78 Å². The SMILES string of the molecule is Cl.FC1(F)CNCC[C@@H]1CNc1ncccn1. The van der Waals surface area contributed by atoms with Crippen molar-refractivity contribution >= 4 is 18.4 Å². The molecule has 2 N–H and O–H groups in total. The summed E-state index contributed by atoms with van der Waals surface area (Å²) in [6.07, 6.45) is 3.62. The average Bonchev–Trinajstić information content (AvgIpc) is 2.28. The van der Waals surface area contributed by atoms with E-state index < -0.39 is 11.8 Å². The third-order valence-corrected chi connectivity index (χ3v) is 2.70. The molecule has 1 aromatic heterocycles. The number of nitrogens with zero attached hydrogens (tertiary/aromatic N) is 2. The molecule has 0 amide bonds. The minimum absolute atomic E-state index is 0. The number of nitrogens with one attached hydrogen (secondary N) is 2. The molecule has 2 heterocycles. The number of alkyl halides is 2. The van der Waals surface area contributed by atoms with Crippen molar-refractivity contribution in [1.82, 2.24) is 15.3 Å². The second kappa shape index (κ2) is 6.07. The second-order valence-electron chi connectivity index (χ2n) is 3.88. The Labute approximate surface area is 105 Å². The maximum Gasteiger partial charge on any atom is 0.264 e. The monoisotopic (exact) mass is 264 g/mol. The molecule has 0 spiro atoms. The molecular weight excluding hydrogens is 250 g/mol. The Morgan fingerprint density at radius 3 is 2.76 bits per heavy atom. The van der Waals surface area contributed by atoms with Gasteiger partial charge in [0, 0.05) is 24.9 Å². The minimum atomic E-state index is -2.65. The summed E-state index contributed by atoms with van der Waals surface area (Å²) in [6, 6.07) is 1.68. The highest BCUT2D eigenvalue weighted by molar-refractivity contribution is 5.85. The van der Waals surface area contributed by atoms with Crippen LogP contribution in [0.4, 0.5) is 14.7 Å². The Kier molecular flexibility index (Phi) is 5.02. The van der Waals surface area contributed by atoms with Gasteiger partial charge in [-0.15, -0.1) is 12.4 Å². The van der Waals surface area contributed by atoms with Gasteiger partial charge in [0.1, 0.15) is 0 Å². The van der Waals surface area contributed by atoms with Crippen molar-refractivity contribution in [3.63, 3.8) is 0 Å². The number of anilines is 1. The third kappa shape index (κ3) is 3.74. The zero-order chi connectivity index (χ0) is 11.4. The van der Waals surface area contributed by atoms with Crippen LogP contribution in [0.3, 0.4) is 0 Å². The van der Waals surface area contributed by atoms with Crippen LogP contribution in [0, 0.1) is 5.92 Å². The fourth-order valence-electron chi connectivity index (χ4n) is 1.74. The smallest absolute Gasteiger partial charge is 0.264 e. The van der Waals surface area contributed by atoms with Crippen molar-refractivity contribution < 1.29 is 8.78 Å². The van der Waals surface area contributed by atoms with Crippen LogP contribution in [0.25, 0.3) is 0 Å².